The molecule has 0 bridgehead atoms. The summed E-state index contributed by atoms with van der Waals surface area (Å²) in [6, 6.07) is 6.15. The Morgan fingerprint density at radius 2 is 0.810 bits per heavy atom. The summed E-state index contributed by atoms with van der Waals surface area (Å²) >= 11 is 11.9. The van der Waals surface area contributed by atoms with E-state index >= 15 is 0 Å². The van der Waals surface area contributed by atoms with Gasteiger partial charge in [-0.2, -0.15) is 0 Å². The average Bonchev–Trinajstić information content (AvgIpc) is 3.92. The summed E-state index contributed by atoms with van der Waals surface area (Å²) in [5.41, 5.74) is -0.922. The molecule has 4 rings (SSSR count). The number of nitrogens with zero attached hydrogens (tertiary/aromatic N) is 2. The third kappa shape index (κ3) is 19.2. The largest absolute Gasteiger partial charge is 0.715 e. The van der Waals surface area contributed by atoms with Crippen LogP contribution in [0.5, 0.6) is 0 Å². The molecular weight excluding hydrogens is 889 g/mol. The van der Waals surface area contributed by atoms with Crippen molar-refractivity contribution >= 4 is 76.4 Å². The Morgan fingerprint density at radius 3 is 1.16 bits per heavy atom. The van der Waals surface area contributed by atoms with Crippen LogP contribution >= 0.6 is 70.6 Å². The maximum Gasteiger partial charge on any atom is 0.279 e. The number of hydrogen-bond acceptors (Lipinski definition) is 9. The highest BCUT2D eigenvalue weighted by Gasteiger charge is 2.54. The molecule has 3 aliphatic rings. The molecule has 3 heterocycles. The Kier molecular flexibility index (Phi) is 28.2. The molecule has 63 heavy (non-hydrogen) atoms. The number of unbranched alkanes of at least 4 members (excludes halogenated alkanes) is 30. The SMILES string of the molecule is CCCCCCCCCCCCCCCCCCSC1=C(SCCCCCCCCCCCCCCCCCC)SC(=C2Sc3ccc(C4=[N+]([O-])C(C)(C)C(C)(C)N4[O-])cc3S2)S1. The number of fused-ring (bicyclic) bond motifs is 1. The van der Waals surface area contributed by atoms with E-state index in [0.717, 1.165) is 14.7 Å². The predicted octanol–water partition coefficient (Wildman–Crippen LogP) is 20.2. The highest BCUT2D eigenvalue weighted by Crippen LogP contribution is 2.64. The molecule has 0 radical (unpaired) electrons. The van der Waals surface area contributed by atoms with E-state index in [1.54, 1.807) is 0 Å². The zero-order valence-electron chi connectivity index (χ0n) is 40.9. The second-order valence-electron chi connectivity index (χ2n) is 19.6. The molecule has 0 atom stereocenters. The lowest BCUT2D eigenvalue weighted by Gasteiger charge is -2.39. The van der Waals surface area contributed by atoms with Crippen LogP contribution in [-0.2, 0) is 0 Å². The van der Waals surface area contributed by atoms with E-state index in [4.69, 9.17) is 0 Å². The highest BCUT2D eigenvalue weighted by atomic mass is 32.3. The van der Waals surface area contributed by atoms with Gasteiger partial charge in [0.15, 0.2) is 0 Å². The first kappa shape index (κ1) is 55.6. The average molecular weight is 979 g/mol. The lowest BCUT2D eigenvalue weighted by molar-refractivity contribution is -0.539. The first-order chi connectivity index (χ1) is 30.6. The van der Waals surface area contributed by atoms with Gasteiger partial charge in [0.2, 0.25) is 0 Å². The molecule has 0 aliphatic carbocycles. The summed E-state index contributed by atoms with van der Waals surface area (Å²) in [5.74, 6) is 2.64. The van der Waals surface area contributed by atoms with Crippen molar-refractivity contribution in [2.24, 2.45) is 0 Å². The van der Waals surface area contributed by atoms with Gasteiger partial charge in [-0.1, -0.05) is 254 Å². The molecule has 0 saturated heterocycles. The molecule has 0 aromatic heterocycles. The van der Waals surface area contributed by atoms with Gasteiger partial charge in [0.05, 0.1) is 22.5 Å². The molecule has 0 unspecified atom stereocenters. The highest BCUT2D eigenvalue weighted by molar-refractivity contribution is 8.42. The normalized spacial score (nSPS) is 17.0. The summed E-state index contributed by atoms with van der Waals surface area (Å²) in [4.78, 5) is 2.37. The Labute approximate surface area is 413 Å². The van der Waals surface area contributed by atoms with Crippen LogP contribution in [-0.4, -0.2) is 38.2 Å². The number of hydroxylamine groups is 3. The van der Waals surface area contributed by atoms with Gasteiger partial charge in [0, 0.05) is 9.79 Å². The van der Waals surface area contributed by atoms with Crippen LogP contribution in [0.15, 0.2) is 44.9 Å². The Bertz CT molecular complexity index is 1490. The molecule has 360 valence electrons. The molecule has 0 fully saturated rings. The van der Waals surface area contributed by atoms with Crippen molar-refractivity contribution < 1.29 is 4.74 Å². The standard InChI is InChI=1S/C53H89N2O2S6/c1-7-9-11-13-15-17-19-21-23-25-27-29-31-33-35-37-41-58-48-49(59-42-38-36-34-32-30-28-26-24-22-20-18-16-14-12-10-8-2)63-51(62-48)50-60-45-40-39-44(43-46(45)61-50)47-54(56)52(3,4)53(5,6)55(47)57/h39-40,43H,7-38,41-42H2,1-6H3/q-1. The van der Waals surface area contributed by atoms with Crippen molar-refractivity contribution in [2.75, 3.05) is 11.5 Å². The number of thioether (sulfide) groups is 6. The van der Waals surface area contributed by atoms with Gasteiger partial charge in [-0.25, -0.2) is 0 Å². The van der Waals surface area contributed by atoms with E-state index in [1.807, 2.05) is 80.8 Å². The molecule has 10 heteroatoms. The smallest absolute Gasteiger partial charge is 0.279 e. The molecule has 0 amide bonds. The third-order valence-corrected chi connectivity index (χ3v) is 22.4. The monoisotopic (exact) mass is 978 g/mol. The van der Waals surface area contributed by atoms with Gasteiger partial charge in [0.1, 0.15) is 11.1 Å². The number of rotatable bonds is 37. The van der Waals surface area contributed by atoms with Crippen LogP contribution in [0.4, 0.5) is 0 Å². The number of benzene rings is 1. The van der Waals surface area contributed by atoms with Gasteiger partial charge >= 0.3 is 0 Å². The molecule has 1 aromatic carbocycles. The summed E-state index contributed by atoms with van der Waals surface area (Å²) in [7, 11) is 0. The van der Waals surface area contributed by atoms with E-state index in [-0.39, 0.29) is 5.84 Å². The summed E-state index contributed by atoms with van der Waals surface area (Å²) in [6.45, 7) is 12.1. The second-order valence-corrected chi connectivity index (χ2v) is 26.9. The van der Waals surface area contributed by atoms with Crippen molar-refractivity contribution in [3.05, 3.63) is 51.1 Å². The molecule has 1 aromatic rings. The van der Waals surface area contributed by atoms with E-state index < -0.39 is 11.1 Å². The maximum absolute atomic E-state index is 13.4. The van der Waals surface area contributed by atoms with Crippen molar-refractivity contribution in [3.8, 4) is 0 Å². The number of amidine groups is 1. The second kappa shape index (κ2) is 32.0. The minimum Gasteiger partial charge on any atom is -0.715 e. The minimum absolute atomic E-state index is 0.228. The van der Waals surface area contributed by atoms with Crippen LogP contribution in [0, 0.1) is 10.4 Å². The molecular formula is C53H89N2O2S6-. The zero-order valence-corrected chi connectivity index (χ0v) is 45.8. The fourth-order valence-corrected chi connectivity index (χ4v) is 17.4. The molecule has 0 saturated carbocycles. The Morgan fingerprint density at radius 1 is 0.476 bits per heavy atom. The van der Waals surface area contributed by atoms with Crippen LogP contribution in [0.2, 0.25) is 0 Å². The van der Waals surface area contributed by atoms with E-state index in [0.29, 0.717) is 5.56 Å². The van der Waals surface area contributed by atoms with Crippen LogP contribution < -0.4 is 0 Å². The fourth-order valence-electron chi connectivity index (χ4n) is 8.62. The zero-order chi connectivity index (χ0) is 45.2. The molecule has 0 spiro atoms. The Balaban J connectivity index is 1.17. The lowest BCUT2D eigenvalue weighted by atomic mass is 9.84. The van der Waals surface area contributed by atoms with Crippen molar-refractivity contribution in [1.29, 1.82) is 0 Å². The van der Waals surface area contributed by atoms with Crippen molar-refractivity contribution in [2.45, 2.75) is 268 Å². The van der Waals surface area contributed by atoms with Gasteiger partial charge in [-0.3, -0.25) is 9.80 Å². The summed E-state index contributed by atoms with van der Waals surface area (Å²) in [5, 5.41) is 27.8. The van der Waals surface area contributed by atoms with Crippen LogP contribution in [0.1, 0.15) is 253 Å². The van der Waals surface area contributed by atoms with E-state index in [9.17, 15) is 10.4 Å². The van der Waals surface area contributed by atoms with Gasteiger partial charge < -0.3 is 10.4 Å². The van der Waals surface area contributed by atoms with Gasteiger partial charge in [-0.05, 0) is 70.2 Å². The Hall–Kier alpha value is 0.0300. The van der Waals surface area contributed by atoms with Crippen molar-refractivity contribution in [1.82, 2.24) is 5.06 Å². The minimum atomic E-state index is -0.818. The predicted molar refractivity (Wildman–Crippen MR) is 292 cm³/mol. The summed E-state index contributed by atoms with van der Waals surface area (Å²) in [6.07, 6.45) is 45.2. The van der Waals surface area contributed by atoms with Crippen molar-refractivity contribution in [3.63, 3.8) is 0 Å². The molecule has 3 aliphatic heterocycles. The first-order valence-electron chi connectivity index (χ1n) is 26.0. The summed E-state index contributed by atoms with van der Waals surface area (Å²) < 4.78 is 6.70. The molecule has 0 N–H and O–H groups in total. The lowest BCUT2D eigenvalue weighted by Crippen LogP contribution is -2.52. The first-order valence-corrected chi connectivity index (χ1v) is 31.3. The topological polar surface area (TPSA) is 52.4 Å². The fraction of sp³-hybridized carbons (Fsp3) is 0.792. The maximum atomic E-state index is 13.4. The number of hydrogen-bond donors (Lipinski definition) is 0. The van der Waals surface area contributed by atoms with E-state index in [2.05, 4.69) is 49.5 Å². The van der Waals surface area contributed by atoms with E-state index in [1.165, 1.54) is 239 Å². The van der Waals surface area contributed by atoms with Crippen LogP contribution in [0.25, 0.3) is 0 Å². The molecule has 4 nitrogen and oxygen atoms in total. The van der Waals surface area contributed by atoms with Gasteiger partial charge in [0.25, 0.3) is 5.84 Å². The van der Waals surface area contributed by atoms with Gasteiger partial charge in [-0.15, -0.1) is 23.5 Å². The quantitative estimate of drug-likeness (QED) is 0.0369. The third-order valence-electron chi connectivity index (χ3n) is 13.7. The van der Waals surface area contributed by atoms with Crippen LogP contribution in [0.3, 0.4) is 0 Å².